The third-order valence-electron chi connectivity index (χ3n) is 6.52. The number of nitrogens with one attached hydrogen (secondary N) is 1. The molecule has 0 unspecified atom stereocenters. The molecule has 1 fully saturated rings. The zero-order valence-corrected chi connectivity index (χ0v) is 19.5. The lowest BCUT2D eigenvalue weighted by Gasteiger charge is -2.40. The molecule has 4 rings (SSSR count). The van der Waals surface area contributed by atoms with Gasteiger partial charge in [0.05, 0.1) is 23.4 Å². The SMILES string of the molecule is N#Cc1ccc(NC(=O)[C@@](O)(Cc2ccccc2)C2CCN(C(=O)c3ccno3)CC2)cc1C(F)(F)F. The second-order valence-corrected chi connectivity index (χ2v) is 8.85. The third-order valence-corrected chi connectivity index (χ3v) is 6.52. The maximum absolute atomic E-state index is 13.4. The van der Waals surface area contributed by atoms with Crippen molar-refractivity contribution in [1.82, 2.24) is 10.1 Å². The van der Waals surface area contributed by atoms with E-state index in [0.717, 1.165) is 6.07 Å². The van der Waals surface area contributed by atoms with Gasteiger partial charge in [-0.15, -0.1) is 0 Å². The van der Waals surface area contributed by atoms with Gasteiger partial charge < -0.3 is 19.8 Å². The monoisotopic (exact) mass is 512 g/mol. The fourth-order valence-electron chi connectivity index (χ4n) is 4.55. The van der Waals surface area contributed by atoms with E-state index >= 15 is 0 Å². The number of piperidine rings is 1. The van der Waals surface area contributed by atoms with E-state index in [4.69, 9.17) is 9.78 Å². The van der Waals surface area contributed by atoms with Crippen LogP contribution in [0.15, 0.2) is 65.3 Å². The number of aromatic nitrogens is 1. The number of benzene rings is 2. The average molecular weight is 512 g/mol. The molecule has 8 nitrogen and oxygen atoms in total. The summed E-state index contributed by atoms with van der Waals surface area (Å²) in [7, 11) is 0. The van der Waals surface area contributed by atoms with Gasteiger partial charge >= 0.3 is 6.18 Å². The predicted molar refractivity (Wildman–Crippen MR) is 125 cm³/mol. The lowest BCUT2D eigenvalue weighted by molar-refractivity contribution is -0.142. The minimum Gasteiger partial charge on any atom is -0.379 e. The Kier molecular flexibility index (Phi) is 7.31. The van der Waals surface area contributed by atoms with Crippen LogP contribution < -0.4 is 5.32 Å². The van der Waals surface area contributed by atoms with Crippen LogP contribution in [0.5, 0.6) is 0 Å². The zero-order valence-electron chi connectivity index (χ0n) is 19.5. The van der Waals surface area contributed by atoms with Crippen molar-refractivity contribution in [2.45, 2.75) is 31.0 Å². The van der Waals surface area contributed by atoms with Crippen LogP contribution in [0, 0.1) is 17.2 Å². The number of carbonyl (C=O) groups is 2. The van der Waals surface area contributed by atoms with E-state index in [-0.39, 0.29) is 49.7 Å². The number of amides is 2. The first-order valence-electron chi connectivity index (χ1n) is 11.5. The third kappa shape index (κ3) is 5.65. The van der Waals surface area contributed by atoms with Crippen molar-refractivity contribution in [2.24, 2.45) is 5.92 Å². The Balaban J connectivity index is 1.57. The number of hydrogen-bond acceptors (Lipinski definition) is 6. The fourth-order valence-corrected chi connectivity index (χ4v) is 4.55. The Morgan fingerprint density at radius 3 is 2.43 bits per heavy atom. The number of alkyl halides is 3. The summed E-state index contributed by atoms with van der Waals surface area (Å²) in [5, 5.41) is 26.7. The molecule has 1 aromatic heterocycles. The highest BCUT2D eigenvalue weighted by molar-refractivity contribution is 5.98. The van der Waals surface area contributed by atoms with Gasteiger partial charge in [-0.05, 0) is 36.6 Å². The van der Waals surface area contributed by atoms with E-state index in [9.17, 15) is 27.9 Å². The molecule has 2 heterocycles. The second-order valence-electron chi connectivity index (χ2n) is 8.85. The molecule has 11 heteroatoms. The van der Waals surface area contributed by atoms with Crippen molar-refractivity contribution in [1.29, 1.82) is 5.26 Å². The largest absolute Gasteiger partial charge is 0.417 e. The Bertz CT molecular complexity index is 1300. The highest BCUT2D eigenvalue weighted by Gasteiger charge is 2.46. The van der Waals surface area contributed by atoms with Crippen LogP contribution in [-0.2, 0) is 17.4 Å². The van der Waals surface area contributed by atoms with E-state index in [1.54, 1.807) is 30.3 Å². The van der Waals surface area contributed by atoms with Crippen molar-refractivity contribution in [2.75, 3.05) is 18.4 Å². The number of halogens is 3. The summed E-state index contributed by atoms with van der Waals surface area (Å²) in [6.45, 7) is 0.479. The number of anilines is 1. The van der Waals surface area contributed by atoms with Crippen LogP contribution in [0.4, 0.5) is 18.9 Å². The number of hydrogen-bond donors (Lipinski definition) is 2. The first-order valence-corrected chi connectivity index (χ1v) is 11.5. The summed E-state index contributed by atoms with van der Waals surface area (Å²) >= 11 is 0. The normalized spacial score (nSPS) is 16.0. The maximum atomic E-state index is 13.4. The fraction of sp³-hybridized carbons (Fsp3) is 0.308. The Morgan fingerprint density at radius 2 is 1.84 bits per heavy atom. The van der Waals surface area contributed by atoms with Crippen LogP contribution in [0.25, 0.3) is 0 Å². The maximum Gasteiger partial charge on any atom is 0.417 e. The second kappa shape index (κ2) is 10.4. The molecule has 1 aliphatic heterocycles. The Hall–Kier alpha value is -4.17. The predicted octanol–water partition coefficient (Wildman–Crippen LogP) is 4.03. The van der Waals surface area contributed by atoms with Crippen LogP contribution in [0.2, 0.25) is 0 Å². The van der Waals surface area contributed by atoms with Crippen LogP contribution in [-0.4, -0.2) is 45.7 Å². The molecule has 3 aromatic rings. The molecule has 0 saturated carbocycles. The Morgan fingerprint density at radius 1 is 1.14 bits per heavy atom. The molecule has 2 aromatic carbocycles. The van der Waals surface area contributed by atoms with Crippen molar-refractivity contribution in [3.63, 3.8) is 0 Å². The van der Waals surface area contributed by atoms with E-state index in [2.05, 4.69) is 10.5 Å². The molecule has 37 heavy (non-hydrogen) atoms. The molecule has 2 amide bonds. The molecule has 2 N–H and O–H groups in total. The highest BCUT2D eigenvalue weighted by Crippen LogP contribution is 2.36. The molecule has 1 atom stereocenters. The molecule has 1 saturated heterocycles. The first kappa shape index (κ1) is 25.9. The molecular weight excluding hydrogens is 489 g/mol. The van der Waals surface area contributed by atoms with Crippen molar-refractivity contribution >= 4 is 17.5 Å². The van der Waals surface area contributed by atoms with Gasteiger partial charge in [0.15, 0.2) is 0 Å². The van der Waals surface area contributed by atoms with Gasteiger partial charge in [0.2, 0.25) is 5.76 Å². The summed E-state index contributed by atoms with van der Waals surface area (Å²) in [5.41, 5.74) is -3.26. The summed E-state index contributed by atoms with van der Waals surface area (Å²) in [5.74, 6) is -1.73. The minimum atomic E-state index is -4.80. The number of nitriles is 1. The summed E-state index contributed by atoms with van der Waals surface area (Å²) in [6.07, 6.45) is -2.97. The smallest absolute Gasteiger partial charge is 0.379 e. The highest BCUT2D eigenvalue weighted by atomic mass is 19.4. The van der Waals surface area contributed by atoms with Crippen LogP contribution in [0.3, 0.4) is 0 Å². The van der Waals surface area contributed by atoms with Gasteiger partial charge in [-0.2, -0.15) is 18.4 Å². The van der Waals surface area contributed by atoms with Crippen molar-refractivity contribution < 1.29 is 32.4 Å². The van der Waals surface area contributed by atoms with Gasteiger partial charge in [-0.3, -0.25) is 9.59 Å². The standard InChI is InChI=1S/C26H23F3N4O4/c27-26(28,29)21-14-20(7-6-18(21)16-30)32-24(35)25(36,15-17-4-2-1-3-5-17)19-9-12-33(13-10-19)23(34)22-8-11-31-37-22/h1-8,11,14,19,36H,9-10,12-13,15H2,(H,32,35)/t25-/m1/s1. The number of rotatable bonds is 6. The summed E-state index contributed by atoms with van der Waals surface area (Å²) in [4.78, 5) is 27.6. The number of aliphatic hydroxyl groups is 1. The summed E-state index contributed by atoms with van der Waals surface area (Å²) in [6, 6.07) is 14.6. The van der Waals surface area contributed by atoms with Gasteiger partial charge in [0.25, 0.3) is 11.8 Å². The summed E-state index contributed by atoms with van der Waals surface area (Å²) < 4.78 is 45.2. The minimum absolute atomic E-state index is 0.0806. The number of likely N-dealkylation sites (tertiary alicyclic amines) is 1. The molecule has 192 valence electrons. The Labute approximate surface area is 210 Å². The lowest BCUT2D eigenvalue weighted by Crippen LogP contribution is -2.54. The number of nitrogens with zero attached hydrogens (tertiary/aromatic N) is 3. The molecule has 0 bridgehead atoms. The van der Waals surface area contributed by atoms with Crippen LogP contribution >= 0.6 is 0 Å². The quantitative estimate of drug-likeness (QED) is 0.515. The molecular formula is C26H23F3N4O4. The zero-order chi connectivity index (χ0) is 26.6. The number of carbonyl (C=O) groups excluding carboxylic acids is 2. The first-order chi connectivity index (χ1) is 17.6. The van der Waals surface area contributed by atoms with Crippen molar-refractivity contribution in [3.8, 4) is 6.07 Å². The average Bonchev–Trinajstić information content (AvgIpc) is 3.43. The van der Waals surface area contributed by atoms with Crippen molar-refractivity contribution in [3.05, 3.63) is 83.2 Å². The van der Waals surface area contributed by atoms with E-state index in [0.29, 0.717) is 11.6 Å². The molecule has 0 aliphatic carbocycles. The molecule has 0 spiro atoms. The van der Waals surface area contributed by atoms with Gasteiger partial charge in [-0.1, -0.05) is 35.5 Å². The van der Waals surface area contributed by atoms with Gasteiger partial charge in [0, 0.05) is 37.2 Å². The van der Waals surface area contributed by atoms with Gasteiger partial charge in [0.1, 0.15) is 5.60 Å². The lowest BCUT2D eigenvalue weighted by atomic mass is 9.76. The van der Waals surface area contributed by atoms with E-state index in [1.807, 2.05) is 0 Å². The molecule has 0 radical (unpaired) electrons. The van der Waals surface area contributed by atoms with Gasteiger partial charge in [-0.25, -0.2) is 0 Å². The molecule has 1 aliphatic rings. The topological polar surface area (TPSA) is 119 Å². The van der Waals surface area contributed by atoms with E-state index in [1.165, 1.54) is 29.3 Å². The van der Waals surface area contributed by atoms with Crippen LogP contribution in [0.1, 0.15) is 40.1 Å². The van der Waals surface area contributed by atoms with E-state index < -0.39 is 34.7 Å².